The number of aliphatic hydroxyl groups is 1. The van der Waals surface area contributed by atoms with Crippen LogP contribution < -0.4 is 4.90 Å². The maximum Gasteiger partial charge on any atom is 0.352 e. The van der Waals surface area contributed by atoms with Crippen LogP contribution in [0.15, 0.2) is 30.3 Å². The fourth-order valence-electron chi connectivity index (χ4n) is 2.86. The van der Waals surface area contributed by atoms with E-state index in [1.54, 1.807) is 0 Å². The first-order chi connectivity index (χ1) is 12.7. The van der Waals surface area contributed by atoms with Crippen LogP contribution in [0.4, 0.5) is 27.6 Å². The van der Waals surface area contributed by atoms with Crippen molar-refractivity contribution < 1.29 is 31.9 Å². The lowest BCUT2D eigenvalue weighted by Gasteiger charge is -2.17. The number of fused-ring (bicyclic) bond motifs is 1. The molecule has 10 heteroatoms. The van der Waals surface area contributed by atoms with Gasteiger partial charge in [0, 0.05) is 0 Å². The summed E-state index contributed by atoms with van der Waals surface area (Å²) >= 11 is 0. The summed E-state index contributed by atoms with van der Waals surface area (Å²) in [4.78, 5) is 16.4. The van der Waals surface area contributed by atoms with Crippen molar-refractivity contribution in [1.82, 2.24) is 4.98 Å². The Hall–Kier alpha value is -3.06. The molecule has 2 aromatic rings. The molecule has 3 rings (SSSR count). The Morgan fingerprint density at radius 2 is 1.96 bits per heavy atom. The second-order valence-corrected chi connectivity index (χ2v) is 5.73. The predicted octanol–water partition coefficient (Wildman–Crippen LogP) is 3.03. The van der Waals surface area contributed by atoms with Crippen molar-refractivity contribution in [2.45, 2.75) is 25.0 Å². The second kappa shape index (κ2) is 6.59. The molecule has 140 valence electrons. The van der Waals surface area contributed by atoms with Crippen LogP contribution >= 0.6 is 0 Å². The van der Waals surface area contributed by atoms with Crippen molar-refractivity contribution in [2.75, 3.05) is 4.90 Å². The van der Waals surface area contributed by atoms with Gasteiger partial charge in [-0.15, -0.1) is 0 Å². The summed E-state index contributed by atoms with van der Waals surface area (Å²) in [7, 11) is 0. The molecule has 0 aliphatic carbocycles. The van der Waals surface area contributed by atoms with E-state index in [2.05, 4.69) is 4.98 Å². The van der Waals surface area contributed by atoms with E-state index in [4.69, 9.17) is 5.26 Å². The predicted molar refractivity (Wildman–Crippen MR) is 81.4 cm³/mol. The maximum absolute atomic E-state index is 14.5. The number of carbonyl (C=O) groups is 1. The number of hydrogen-bond acceptors (Lipinski definition) is 4. The minimum atomic E-state index is -4.14. The molecule has 1 aromatic heterocycles. The first-order valence-electron chi connectivity index (χ1n) is 7.53. The van der Waals surface area contributed by atoms with Gasteiger partial charge in [-0.1, -0.05) is 12.1 Å². The number of aromatic nitrogens is 1. The molecule has 0 spiro atoms. The van der Waals surface area contributed by atoms with Crippen LogP contribution in [0.3, 0.4) is 0 Å². The number of hydrogen-bond donors (Lipinski definition) is 1. The van der Waals surface area contributed by atoms with E-state index in [9.17, 15) is 31.9 Å². The average Bonchev–Trinajstić information content (AvgIpc) is 2.83. The monoisotopic (exact) mass is 383 g/mol. The maximum atomic E-state index is 14.5. The van der Waals surface area contributed by atoms with Crippen LogP contribution in [-0.4, -0.2) is 22.4 Å². The molecular formula is C17H10F5N3O2. The number of rotatable bonds is 4. The van der Waals surface area contributed by atoms with Gasteiger partial charge in [-0.2, -0.15) is 14.0 Å². The van der Waals surface area contributed by atoms with Gasteiger partial charge in [-0.3, -0.25) is 4.79 Å². The van der Waals surface area contributed by atoms with Gasteiger partial charge in [-0.05, 0) is 23.8 Å². The quantitative estimate of drug-likeness (QED) is 0.824. The Morgan fingerprint density at radius 1 is 1.26 bits per heavy atom. The van der Waals surface area contributed by atoms with E-state index >= 15 is 0 Å². The summed E-state index contributed by atoms with van der Waals surface area (Å²) in [6.07, 6.45) is -5.82. The first-order valence-corrected chi connectivity index (χ1v) is 7.53. The normalized spacial score (nSPS) is 16.4. The van der Waals surface area contributed by atoms with Gasteiger partial charge < -0.3 is 10.0 Å². The molecule has 1 aliphatic heterocycles. The minimum Gasteiger partial charge on any atom is -0.382 e. The van der Waals surface area contributed by atoms with Crippen molar-refractivity contribution in [3.63, 3.8) is 0 Å². The Bertz CT molecular complexity index is 958. The number of nitrogens with zero attached hydrogens (tertiary/aromatic N) is 3. The molecule has 27 heavy (non-hydrogen) atoms. The SMILES string of the molecule is N#Cc1nc(CN2C(=O)C(F)(F)c3c(C(O)C(F)F)cccc32)ccc1F. The molecule has 0 bridgehead atoms. The third-order valence-corrected chi connectivity index (χ3v) is 4.08. The number of nitriles is 1. The van der Waals surface area contributed by atoms with Crippen LogP contribution in [0, 0.1) is 17.1 Å². The van der Waals surface area contributed by atoms with Gasteiger partial charge in [0.25, 0.3) is 6.43 Å². The third kappa shape index (κ3) is 3.00. The average molecular weight is 383 g/mol. The summed E-state index contributed by atoms with van der Waals surface area (Å²) in [6.45, 7) is -0.537. The number of benzene rings is 1. The van der Waals surface area contributed by atoms with Gasteiger partial charge >= 0.3 is 11.8 Å². The van der Waals surface area contributed by atoms with Gasteiger partial charge in [0.2, 0.25) is 0 Å². The lowest BCUT2D eigenvalue weighted by atomic mass is 9.98. The molecule has 0 saturated carbocycles. The molecule has 0 fully saturated rings. The van der Waals surface area contributed by atoms with Gasteiger partial charge in [-0.25, -0.2) is 18.2 Å². The molecule has 1 aromatic carbocycles. The molecular weight excluding hydrogens is 373 g/mol. The molecule has 1 N–H and O–H groups in total. The Balaban J connectivity index is 2.08. The van der Waals surface area contributed by atoms with E-state index in [1.807, 2.05) is 0 Å². The molecule has 0 saturated heterocycles. The highest BCUT2D eigenvalue weighted by Gasteiger charge is 2.55. The smallest absolute Gasteiger partial charge is 0.352 e. The molecule has 1 atom stereocenters. The summed E-state index contributed by atoms with van der Waals surface area (Å²) in [5.41, 5.74) is -2.76. The summed E-state index contributed by atoms with van der Waals surface area (Å²) in [6, 6.07) is 6.66. The van der Waals surface area contributed by atoms with Crippen LogP contribution in [0.1, 0.15) is 28.6 Å². The highest BCUT2D eigenvalue weighted by atomic mass is 19.3. The minimum absolute atomic E-state index is 0.0511. The van der Waals surface area contributed by atoms with Crippen LogP contribution in [0.5, 0.6) is 0 Å². The van der Waals surface area contributed by atoms with Crippen LogP contribution in [0.25, 0.3) is 0 Å². The zero-order valence-corrected chi connectivity index (χ0v) is 13.3. The van der Waals surface area contributed by atoms with Gasteiger partial charge in [0.05, 0.1) is 23.5 Å². The summed E-state index contributed by atoms with van der Waals surface area (Å²) in [5.74, 6) is -6.75. The van der Waals surface area contributed by atoms with E-state index in [0.717, 1.165) is 30.3 Å². The van der Waals surface area contributed by atoms with Gasteiger partial charge in [0.1, 0.15) is 12.2 Å². The number of alkyl halides is 4. The van der Waals surface area contributed by atoms with Crippen molar-refractivity contribution in [1.29, 1.82) is 5.26 Å². The number of carbonyl (C=O) groups excluding carboxylic acids is 1. The fraction of sp³-hybridized carbons (Fsp3) is 0.235. The number of anilines is 1. The van der Waals surface area contributed by atoms with E-state index < -0.39 is 53.5 Å². The summed E-state index contributed by atoms with van der Waals surface area (Å²) < 4.78 is 68.0. The molecule has 1 amide bonds. The summed E-state index contributed by atoms with van der Waals surface area (Å²) in [5, 5.41) is 18.3. The van der Waals surface area contributed by atoms with Crippen molar-refractivity contribution >= 4 is 11.6 Å². The van der Waals surface area contributed by atoms with Crippen LogP contribution in [0.2, 0.25) is 0 Å². The number of amides is 1. The van der Waals surface area contributed by atoms with Crippen molar-refractivity contribution in [3.05, 3.63) is 58.7 Å². The third-order valence-electron chi connectivity index (χ3n) is 4.08. The lowest BCUT2D eigenvalue weighted by molar-refractivity contribution is -0.142. The Morgan fingerprint density at radius 3 is 2.59 bits per heavy atom. The standard InChI is InChI=1S/C17H10F5N3O2/c18-10-5-4-8(24-11(10)6-23)7-25-12-3-1-2-9(14(26)15(19)20)13(12)17(21,22)16(25)27/h1-5,14-15,26H,7H2. The highest BCUT2D eigenvalue weighted by Crippen LogP contribution is 2.48. The van der Waals surface area contributed by atoms with E-state index in [1.165, 1.54) is 6.07 Å². The van der Waals surface area contributed by atoms with E-state index in [-0.39, 0.29) is 11.4 Å². The second-order valence-electron chi connectivity index (χ2n) is 5.73. The highest BCUT2D eigenvalue weighted by molar-refractivity contribution is 6.06. The number of aliphatic hydroxyl groups excluding tert-OH is 1. The Labute approximate surface area is 149 Å². The Kier molecular flexibility index (Phi) is 4.57. The topological polar surface area (TPSA) is 77.2 Å². The van der Waals surface area contributed by atoms with Crippen LogP contribution in [-0.2, 0) is 17.3 Å². The largest absolute Gasteiger partial charge is 0.382 e. The molecule has 0 radical (unpaired) electrons. The first kappa shape index (κ1) is 18.7. The number of pyridine rings is 1. The van der Waals surface area contributed by atoms with Gasteiger partial charge in [0.15, 0.2) is 11.5 Å². The molecule has 2 heterocycles. The molecule has 1 aliphatic rings. The van der Waals surface area contributed by atoms with E-state index in [0.29, 0.717) is 4.90 Å². The fourth-order valence-corrected chi connectivity index (χ4v) is 2.86. The molecule has 5 nitrogen and oxygen atoms in total. The zero-order valence-electron chi connectivity index (χ0n) is 13.3. The number of halogens is 5. The van der Waals surface area contributed by atoms with Crippen molar-refractivity contribution in [2.24, 2.45) is 0 Å². The zero-order chi connectivity index (χ0) is 19.9. The van der Waals surface area contributed by atoms with Crippen molar-refractivity contribution in [3.8, 4) is 6.07 Å². The molecule has 1 unspecified atom stereocenters. The lowest BCUT2D eigenvalue weighted by Crippen LogP contribution is -2.34.